The van der Waals surface area contributed by atoms with Crippen LogP contribution in [0.25, 0.3) is 11.0 Å². The number of amides is 1. The number of nitrogens with zero attached hydrogens (tertiary/aromatic N) is 1. The lowest BCUT2D eigenvalue weighted by Crippen LogP contribution is -2.40. The summed E-state index contributed by atoms with van der Waals surface area (Å²) in [5.41, 5.74) is 1.69. The Morgan fingerprint density at radius 2 is 2.14 bits per heavy atom. The van der Waals surface area contributed by atoms with Gasteiger partial charge in [0.05, 0.1) is 20.3 Å². The van der Waals surface area contributed by atoms with Crippen LogP contribution in [0.1, 0.15) is 16.1 Å². The van der Waals surface area contributed by atoms with Crippen LogP contribution in [0.5, 0.6) is 5.75 Å². The molecule has 1 aliphatic rings. The molecule has 1 aliphatic heterocycles. The van der Waals surface area contributed by atoms with Crippen molar-refractivity contribution >= 4 is 16.9 Å². The highest BCUT2D eigenvalue weighted by Crippen LogP contribution is 2.32. The standard InChI is InChI=1S/C16H20N2O4/c1-17-10-11-3-4-13(20-2)15-12(11)9-14(22-15)16(19)18-5-7-21-8-6-18/h3-4,9,17H,5-8,10H2,1-2H3. The molecule has 1 aromatic heterocycles. The van der Waals surface area contributed by atoms with Crippen LogP contribution in [-0.2, 0) is 11.3 Å². The maximum absolute atomic E-state index is 12.6. The Balaban J connectivity index is 2.00. The Bertz CT molecular complexity index is 674. The molecule has 0 saturated carbocycles. The van der Waals surface area contributed by atoms with Gasteiger partial charge in [0.15, 0.2) is 17.1 Å². The predicted molar refractivity (Wildman–Crippen MR) is 82.3 cm³/mol. The number of carbonyl (C=O) groups is 1. The first-order valence-corrected chi connectivity index (χ1v) is 7.35. The first-order valence-electron chi connectivity index (χ1n) is 7.35. The number of rotatable bonds is 4. The van der Waals surface area contributed by atoms with E-state index in [2.05, 4.69) is 5.32 Å². The number of hydrogen-bond donors (Lipinski definition) is 1. The summed E-state index contributed by atoms with van der Waals surface area (Å²) >= 11 is 0. The minimum Gasteiger partial charge on any atom is -0.493 e. The molecule has 0 unspecified atom stereocenters. The summed E-state index contributed by atoms with van der Waals surface area (Å²) in [6.45, 7) is 3.03. The largest absolute Gasteiger partial charge is 0.493 e. The van der Waals surface area contributed by atoms with Gasteiger partial charge < -0.3 is 24.1 Å². The summed E-state index contributed by atoms with van der Waals surface area (Å²) in [5, 5.41) is 4.03. The van der Waals surface area contributed by atoms with Gasteiger partial charge in [0.1, 0.15) is 0 Å². The maximum atomic E-state index is 12.6. The number of methoxy groups -OCH3 is 1. The Morgan fingerprint density at radius 1 is 1.36 bits per heavy atom. The fourth-order valence-corrected chi connectivity index (χ4v) is 2.69. The van der Waals surface area contributed by atoms with Gasteiger partial charge in [0.25, 0.3) is 5.91 Å². The summed E-state index contributed by atoms with van der Waals surface area (Å²) in [4.78, 5) is 14.3. The Hall–Kier alpha value is -2.05. The number of ether oxygens (including phenoxy) is 2. The van der Waals surface area contributed by atoms with Crippen molar-refractivity contribution in [2.45, 2.75) is 6.54 Å². The van der Waals surface area contributed by atoms with Gasteiger partial charge in [-0.15, -0.1) is 0 Å². The molecule has 1 fully saturated rings. The maximum Gasteiger partial charge on any atom is 0.289 e. The fourth-order valence-electron chi connectivity index (χ4n) is 2.69. The van der Waals surface area contributed by atoms with E-state index >= 15 is 0 Å². The molecule has 0 aliphatic carbocycles. The lowest BCUT2D eigenvalue weighted by atomic mass is 10.1. The smallest absolute Gasteiger partial charge is 0.289 e. The zero-order chi connectivity index (χ0) is 15.5. The zero-order valence-corrected chi connectivity index (χ0v) is 12.8. The second kappa shape index (κ2) is 6.37. The van der Waals surface area contributed by atoms with Crippen molar-refractivity contribution in [1.29, 1.82) is 0 Å². The Labute approximate surface area is 129 Å². The third-order valence-corrected chi connectivity index (χ3v) is 3.83. The van der Waals surface area contributed by atoms with Crippen LogP contribution >= 0.6 is 0 Å². The highest BCUT2D eigenvalue weighted by molar-refractivity contribution is 5.98. The van der Waals surface area contributed by atoms with E-state index in [1.165, 1.54) is 0 Å². The van der Waals surface area contributed by atoms with Gasteiger partial charge >= 0.3 is 0 Å². The van der Waals surface area contributed by atoms with E-state index in [0.717, 1.165) is 10.9 Å². The molecule has 1 amide bonds. The van der Waals surface area contributed by atoms with Crippen molar-refractivity contribution in [1.82, 2.24) is 10.2 Å². The van der Waals surface area contributed by atoms with Crippen LogP contribution in [0.3, 0.4) is 0 Å². The highest BCUT2D eigenvalue weighted by Gasteiger charge is 2.23. The molecule has 1 saturated heterocycles. The van der Waals surface area contributed by atoms with E-state index < -0.39 is 0 Å². The number of fused-ring (bicyclic) bond motifs is 1. The molecule has 118 valence electrons. The quantitative estimate of drug-likeness (QED) is 0.930. The fraction of sp³-hybridized carbons (Fsp3) is 0.438. The zero-order valence-electron chi connectivity index (χ0n) is 12.8. The summed E-state index contributed by atoms with van der Waals surface area (Å²) in [5.74, 6) is 0.881. The van der Waals surface area contributed by atoms with E-state index in [9.17, 15) is 4.79 Å². The average molecular weight is 304 g/mol. The topological polar surface area (TPSA) is 63.9 Å². The molecule has 6 nitrogen and oxygen atoms in total. The van der Waals surface area contributed by atoms with Crippen LogP contribution in [-0.4, -0.2) is 51.3 Å². The summed E-state index contributed by atoms with van der Waals surface area (Å²) in [6.07, 6.45) is 0. The molecule has 2 heterocycles. The lowest BCUT2D eigenvalue weighted by Gasteiger charge is -2.25. The lowest BCUT2D eigenvalue weighted by molar-refractivity contribution is 0.0284. The number of hydrogen-bond acceptors (Lipinski definition) is 5. The van der Waals surface area contributed by atoms with Crippen molar-refractivity contribution in [2.24, 2.45) is 0 Å². The van der Waals surface area contributed by atoms with Crippen molar-refractivity contribution in [3.05, 3.63) is 29.5 Å². The Morgan fingerprint density at radius 3 is 2.82 bits per heavy atom. The van der Waals surface area contributed by atoms with Crippen molar-refractivity contribution in [2.75, 3.05) is 40.5 Å². The van der Waals surface area contributed by atoms with E-state index in [-0.39, 0.29) is 5.91 Å². The first kappa shape index (κ1) is 14.9. The van der Waals surface area contributed by atoms with Crippen LogP contribution < -0.4 is 10.1 Å². The third-order valence-electron chi connectivity index (χ3n) is 3.83. The van der Waals surface area contributed by atoms with Crippen LogP contribution in [0, 0.1) is 0 Å². The van der Waals surface area contributed by atoms with Gasteiger partial charge in [-0.05, 0) is 24.7 Å². The van der Waals surface area contributed by atoms with E-state index in [1.807, 2.05) is 25.2 Å². The molecule has 0 radical (unpaired) electrons. The summed E-state index contributed by atoms with van der Waals surface area (Å²) in [6, 6.07) is 5.65. The molecule has 1 aromatic carbocycles. The second-order valence-corrected chi connectivity index (χ2v) is 5.22. The van der Waals surface area contributed by atoms with Crippen molar-refractivity contribution in [3.8, 4) is 5.75 Å². The predicted octanol–water partition coefficient (Wildman–Crippen LogP) is 1.63. The van der Waals surface area contributed by atoms with Crippen molar-refractivity contribution in [3.63, 3.8) is 0 Å². The average Bonchev–Trinajstić information content (AvgIpc) is 3.01. The summed E-state index contributed by atoms with van der Waals surface area (Å²) < 4.78 is 16.4. The molecular weight excluding hydrogens is 284 g/mol. The van der Waals surface area contributed by atoms with Gasteiger partial charge in [0.2, 0.25) is 0 Å². The number of nitrogens with one attached hydrogen (secondary N) is 1. The number of morpholine rings is 1. The normalized spacial score (nSPS) is 15.3. The highest BCUT2D eigenvalue weighted by atomic mass is 16.5. The molecule has 2 aromatic rings. The number of carbonyl (C=O) groups excluding carboxylic acids is 1. The minimum absolute atomic E-state index is 0.100. The molecule has 0 atom stereocenters. The Kier molecular flexibility index (Phi) is 4.31. The van der Waals surface area contributed by atoms with E-state index in [0.29, 0.717) is 49.9 Å². The summed E-state index contributed by atoms with van der Waals surface area (Å²) in [7, 11) is 3.48. The van der Waals surface area contributed by atoms with Crippen molar-refractivity contribution < 1.29 is 18.7 Å². The molecule has 0 spiro atoms. The SMILES string of the molecule is CNCc1ccc(OC)c2oc(C(=O)N3CCOCC3)cc12. The van der Waals surface area contributed by atoms with Gasteiger partial charge in [-0.3, -0.25) is 4.79 Å². The van der Waals surface area contributed by atoms with Gasteiger partial charge in [-0.25, -0.2) is 0 Å². The molecule has 22 heavy (non-hydrogen) atoms. The van der Waals surface area contributed by atoms with Crippen LogP contribution in [0.2, 0.25) is 0 Å². The van der Waals surface area contributed by atoms with E-state index in [1.54, 1.807) is 12.0 Å². The monoisotopic (exact) mass is 304 g/mol. The third kappa shape index (κ3) is 2.67. The van der Waals surface area contributed by atoms with Gasteiger partial charge in [0, 0.05) is 25.0 Å². The molecule has 1 N–H and O–H groups in total. The number of furan rings is 1. The molecular formula is C16H20N2O4. The van der Waals surface area contributed by atoms with Crippen LogP contribution in [0.15, 0.2) is 22.6 Å². The van der Waals surface area contributed by atoms with Crippen LogP contribution in [0.4, 0.5) is 0 Å². The first-order chi connectivity index (χ1) is 10.7. The molecule has 3 rings (SSSR count). The van der Waals surface area contributed by atoms with Gasteiger partial charge in [-0.2, -0.15) is 0 Å². The second-order valence-electron chi connectivity index (χ2n) is 5.22. The molecule has 0 bridgehead atoms. The molecule has 6 heteroatoms. The number of benzene rings is 1. The van der Waals surface area contributed by atoms with Gasteiger partial charge in [-0.1, -0.05) is 6.07 Å². The van der Waals surface area contributed by atoms with E-state index in [4.69, 9.17) is 13.9 Å². The minimum atomic E-state index is -0.100.